The minimum Gasteiger partial charge on any atom is -0.493 e. The molecule has 110 valence electrons. The van der Waals surface area contributed by atoms with Crippen LogP contribution in [0.5, 0.6) is 5.75 Å². The summed E-state index contributed by atoms with van der Waals surface area (Å²) in [7, 11) is 0. The molecule has 0 fully saturated rings. The summed E-state index contributed by atoms with van der Waals surface area (Å²) in [6.45, 7) is 4.71. The zero-order valence-electron chi connectivity index (χ0n) is 12.4. The molecule has 0 aliphatic rings. The van der Waals surface area contributed by atoms with Crippen LogP contribution in [-0.4, -0.2) is 17.5 Å². The summed E-state index contributed by atoms with van der Waals surface area (Å²) in [5, 5.41) is 0.563. The van der Waals surface area contributed by atoms with E-state index in [9.17, 15) is 0 Å². The highest BCUT2D eigenvalue weighted by Gasteiger charge is 1.98. The van der Waals surface area contributed by atoms with Gasteiger partial charge in [-0.3, -0.25) is 0 Å². The standard InChI is InChI=1S/C17H20N2OS/c1-13-6-8-16(9-7-13)20-10-11-21-17(18)19-15-5-3-4-14(2)12-15/h3-9,12H,10-11H2,1-2H3,(H2,18,19). The van der Waals surface area contributed by atoms with Gasteiger partial charge in [-0.05, 0) is 43.7 Å². The van der Waals surface area contributed by atoms with Crippen molar-refractivity contribution in [3.63, 3.8) is 0 Å². The van der Waals surface area contributed by atoms with E-state index in [0.717, 1.165) is 17.2 Å². The van der Waals surface area contributed by atoms with Gasteiger partial charge in [-0.2, -0.15) is 0 Å². The van der Waals surface area contributed by atoms with E-state index in [-0.39, 0.29) is 0 Å². The topological polar surface area (TPSA) is 47.6 Å². The number of rotatable bonds is 5. The Labute approximate surface area is 130 Å². The van der Waals surface area contributed by atoms with Crippen molar-refractivity contribution in [1.82, 2.24) is 0 Å². The molecule has 0 saturated heterocycles. The molecule has 3 nitrogen and oxygen atoms in total. The van der Waals surface area contributed by atoms with Crippen LogP contribution in [0.25, 0.3) is 0 Å². The molecular formula is C17H20N2OS. The van der Waals surface area contributed by atoms with Gasteiger partial charge in [0.15, 0.2) is 5.17 Å². The predicted octanol–water partition coefficient (Wildman–Crippen LogP) is 4.06. The average Bonchev–Trinajstić information content (AvgIpc) is 2.45. The Kier molecular flexibility index (Phi) is 5.69. The highest BCUT2D eigenvalue weighted by Crippen LogP contribution is 2.16. The molecule has 0 radical (unpaired) electrons. The fraction of sp³-hybridized carbons (Fsp3) is 0.235. The van der Waals surface area contributed by atoms with Crippen molar-refractivity contribution in [2.45, 2.75) is 13.8 Å². The maximum absolute atomic E-state index is 5.91. The first-order chi connectivity index (χ1) is 10.1. The van der Waals surface area contributed by atoms with Gasteiger partial charge in [0.05, 0.1) is 12.3 Å². The highest BCUT2D eigenvalue weighted by atomic mass is 32.2. The van der Waals surface area contributed by atoms with Crippen LogP contribution in [-0.2, 0) is 0 Å². The second-order valence-electron chi connectivity index (χ2n) is 4.80. The summed E-state index contributed by atoms with van der Waals surface area (Å²) in [6.07, 6.45) is 0. The second-order valence-corrected chi connectivity index (χ2v) is 5.91. The number of nitrogens with zero attached hydrogens (tertiary/aromatic N) is 1. The van der Waals surface area contributed by atoms with Crippen molar-refractivity contribution in [3.8, 4) is 5.75 Å². The van der Waals surface area contributed by atoms with Gasteiger partial charge in [-0.15, -0.1) is 0 Å². The van der Waals surface area contributed by atoms with E-state index in [4.69, 9.17) is 10.5 Å². The number of ether oxygens (including phenoxy) is 1. The third kappa shape index (κ3) is 5.52. The van der Waals surface area contributed by atoms with Gasteiger partial charge in [0.2, 0.25) is 0 Å². The lowest BCUT2D eigenvalue weighted by Gasteiger charge is -2.06. The van der Waals surface area contributed by atoms with Gasteiger partial charge in [-0.1, -0.05) is 41.6 Å². The Balaban J connectivity index is 1.76. The number of hydrogen-bond donors (Lipinski definition) is 1. The Morgan fingerprint density at radius 2 is 1.86 bits per heavy atom. The number of nitrogens with two attached hydrogens (primary N) is 1. The number of aliphatic imine (C=N–C) groups is 1. The van der Waals surface area contributed by atoms with E-state index in [1.807, 2.05) is 55.5 Å². The van der Waals surface area contributed by atoms with Crippen LogP contribution in [0.2, 0.25) is 0 Å². The molecule has 21 heavy (non-hydrogen) atoms. The van der Waals surface area contributed by atoms with Crippen LogP contribution < -0.4 is 10.5 Å². The second kappa shape index (κ2) is 7.74. The van der Waals surface area contributed by atoms with E-state index < -0.39 is 0 Å². The first kappa shape index (κ1) is 15.4. The molecule has 2 N–H and O–H groups in total. The molecule has 2 aromatic rings. The fourth-order valence-corrected chi connectivity index (χ4v) is 2.34. The lowest BCUT2D eigenvalue weighted by Crippen LogP contribution is -2.10. The Bertz CT molecular complexity index is 608. The van der Waals surface area contributed by atoms with Crippen LogP contribution in [0.15, 0.2) is 53.5 Å². The van der Waals surface area contributed by atoms with E-state index >= 15 is 0 Å². The summed E-state index contributed by atoms with van der Waals surface area (Å²) < 4.78 is 5.65. The summed E-state index contributed by atoms with van der Waals surface area (Å²) >= 11 is 1.50. The van der Waals surface area contributed by atoms with Crippen molar-refractivity contribution >= 4 is 22.6 Å². The van der Waals surface area contributed by atoms with E-state index in [0.29, 0.717) is 11.8 Å². The molecule has 4 heteroatoms. The third-order valence-corrected chi connectivity index (χ3v) is 3.62. The Hall–Kier alpha value is -1.94. The van der Waals surface area contributed by atoms with Crippen molar-refractivity contribution < 1.29 is 4.74 Å². The summed E-state index contributed by atoms with van der Waals surface area (Å²) in [4.78, 5) is 4.38. The van der Waals surface area contributed by atoms with Gasteiger partial charge in [0.1, 0.15) is 5.75 Å². The first-order valence-corrected chi connectivity index (χ1v) is 7.85. The number of aryl methyl sites for hydroxylation is 2. The van der Waals surface area contributed by atoms with Crippen LogP contribution in [0.4, 0.5) is 5.69 Å². The SMILES string of the molecule is Cc1ccc(OCCSC(N)=Nc2cccc(C)c2)cc1. The molecule has 0 heterocycles. The molecule has 0 spiro atoms. The number of benzene rings is 2. The molecule has 0 aliphatic carbocycles. The third-order valence-electron chi connectivity index (χ3n) is 2.86. The summed E-state index contributed by atoms with van der Waals surface area (Å²) in [5.74, 6) is 1.66. The molecule has 0 aromatic heterocycles. The largest absolute Gasteiger partial charge is 0.493 e. The molecule has 2 aromatic carbocycles. The Morgan fingerprint density at radius 3 is 2.57 bits per heavy atom. The molecule has 0 aliphatic heterocycles. The quantitative estimate of drug-likeness (QED) is 0.514. The zero-order valence-corrected chi connectivity index (χ0v) is 13.2. The molecule has 0 atom stereocenters. The lowest BCUT2D eigenvalue weighted by atomic mass is 10.2. The number of hydrogen-bond acceptors (Lipinski definition) is 3. The number of thioether (sulfide) groups is 1. The van der Waals surface area contributed by atoms with E-state index in [2.05, 4.69) is 11.9 Å². The van der Waals surface area contributed by atoms with Crippen molar-refractivity contribution in [2.24, 2.45) is 10.7 Å². The molecule has 0 bridgehead atoms. The van der Waals surface area contributed by atoms with Crippen molar-refractivity contribution in [3.05, 3.63) is 59.7 Å². The number of amidine groups is 1. The van der Waals surface area contributed by atoms with Crippen LogP contribution in [0, 0.1) is 13.8 Å². The fourth-order valence-electron chi connectivity index (χ4n) is 1.80. The van der Waals surface area contributed by atoms with Gasteiger partial charge in [0.25, 0.3) is 0 Å². The van der Waals surface area contributed by atoms with E-state index in [1.54, 1.807) is 0 Å². The van der Waals surface area contributed by atoms with E-state index in [1.165, 1.54) is 22.9 Å². The smallest absolute Gasteiger partial charge is 0.159 e. The van der Waals surface area contributed by atoms with Crippen LogP contribution in [0.1, 0.15) is 11.1 Å². The molecular weight excluding hydrogens is 280 g/mol. The molecule has 2 rings (SSSR count). The predicted molar refractivity (Wildman–Crippen MR) is 91.6 cm³/mol. The maximum Gasteiger partial charge on any atom is 0.159 e. The zero-order chi connectivity index (χ0) is 15.1. The molecule has 0 amide bonds. The van der Waals surface area contributed by atoms with Crippen molar-refractivity contribution in [2.75, 3.05) is 12.4 Å². The summed E-state index contributed by atoms with van der Waals surface area (Å²) in [6, 6.07) is 16.0. The normalized spacial score (nSPS) is 11.4. The van der Waals surface area contributed by atoms with Gasteiger partial charge < -0.3 is 10.5 Å². The molecule has 0 unspecified atom stereocenters. The minimum atomic E-state index is 0.563. The lowest BCUT2D eigenvalue weighted by molar-refractivity contribution is 0.344. The highest BCUT2D eigenvalue weighted by molar-refractivity contribution is 8.13. The average molecular weight is 300 g/mol. The first-order valence-electron chi connectivity index (χ1n) is 6.86. The molecule has 0 saturated carbocycles. The van der Waals surface area contributed by atoms with Crippen molar-refractivity contribution in [1.29, 1.82) is 0 Å². The summed E-state index contributed by atoms with van der Waals surface area (Å²) in [5.41, 5.74) is 9.21. The monoisotopic (exact) mass is 300 g/mol. The Morgan fingerprint density at radius 1 is 1.10 bits per heavy atom. The maximum atomic E-state index is 5.91. The van der Waals surface area contributed by atoms with Gasteiger partial charge >= 0.3 is 0 Å². The van der Waals surface area contributed by atoms with Gasteiger partial charge in [0, 0.05) is 5.75 Å². The van der Waals surface area contributed by atoms with Crippen LogP contribution in [0.3, 0.4) is 0 Å². The minimum absolute atomic E-state index is 0.563. The van der Waals surface area contributed by atoms with Crippen LogP contribution >= 0.6 is 11.8 Å². The van der Waals surface area contributed by atoms with Gasteiger partial charge in [-0.25, -0.2) is 4.99 Å².